The van der Waals surface area contributed by atoms with Crippen LogP contribution < -0.4 is 0 Å². The first-order chi connectivity index (χ1) is 14.8. The van der Waals surface area contributed by atoms with Crippen LogP contribution in [-0.4, -0.2) is 22.3 Å². The molecule has 172 valence electrons. The van der Waals surface area contributed by atoms with Crippen molar-refractivity contribution in [2.75, 3.05) is 0 Å². The van der Waals surface area contributed by atoms with E-state index in [1.807, 2.05) is 19.9 Å². The number of carboxylic acids is 1. The molecule has 2 rings (SSSR count). The first-order valence-electron chi connectivity index (χ1n) is 11.8. The van der Waals surface area contributed by atoms with Crippen molar-refractivity contribution in [2.24, 2.45) is 5.92 Å². The van der Waals surface area contributed by atoms with Gasteiger partial charge in [-0.3, -0.25) is 4.79 Å². The lowest BCUT2D eigenvalue weighted by atomic mass is 9.81. The molecule has 1 saturated heterocycles. The molecular formula is C27H40O4. The molecule has 0 amide bonds. The zero-order chi connectivity index (χ0) is 22.6. The fourth-order valence-corrected chi connectivity index (χ4v) is 4.60. The van der Waals surface area contributed by atoms with E-state index in [1.54, 1.807) is 0 Å². The molecule has 1 heterocycles. The van der Waals surface area contributed by atoms with Gasteiger partial charge in [-0.1, -0.05) is 93.7 Å². The normalized spacial score (nSPS) is 24.9. The molecule has 4 nitrogen and oxygen atoms in total. The van der Waals surface area contributed by atoms with Gasteiger partial charge in [0.25, 0.3) is 0 Å². The third-order valence-electron chi connectivity index (χ3n) is 5.90. The van der Waals surface area contributed by atoms with Crippen molar-refractivity contribution in [3.8, 4) is 0 Å². The number of rotatable bonds is 14. The summed E-state index contributed by atoms with van der Waals surface area (Å²) in [5.41, 5.74) is 0.133. The molecule has 1 fully saturated rings. The summed E-state index contributed by atoms with van der Waals surface area (Å²) in [5, 5.41) is 9.05. The number of allylic oxidation sites excluding steroid dienone is 3. The molecule has 0 bridgehead atoms. The second-order valence-corrected chi connectivity index (χ2v) is 9.67. The van der Waals surface area contributed by atoms with Crippen LogP contribution in [0.2, 0.25) is 0 Å². The minimum absolute atomic E-state index is 0.0184. The van der Waals surface area contributed by atoms with Crippen LogP contribution in [0.15, 0.2) is 48.6 Å². The zero-order valence-electron chi connectivity index (χ0n) is 19.5. The van der Waals surface area contributed by atoms with Gasteiger partial charge in [0.1, 0.15) is 11.2 Å². The van der Waals surface area contributed by atoms with Crippen LogP contribution in [0.5, 0.6) is 0 Å². The third-order valence-corrected chi connectivity index (χ3v) is 5.90. The van der Waals surface area contributed by atoms with E-state index < -0.39 is 11.6 Å². The summed E-state index contributed by atoms with van der Waals surface area (Å²) < 4.78 is 0. The van der Waals surface area contributed by atoms with Crippen LogP contribution in [0.25, 0.3) is 6.08 Å². The van der Waals surface area contributed by atoms with E-state index in [4.69, 9.17) is 14.9 Å². The number of hydrogen-bond acceptors (Lipinski definition) is 3. The maximum absolute atomic E-state index is 11.0. The van der Waals surface area contributed by atoms with Crippen LogP contribution in [0.1, 0.15) is 90.5 Å². The molecule has 1 aliphatic rings. The molecule has 0 aromatic heterocycles. The Kier molecular flexibility index (Phi) is 10.5. The smallest absolute Gasteiger partial charge is 0.306 e. The van der Waals surface area contributed by atoms with E-state index in [-0.39, 0.29) is 12.0 Å². The van der Waals surface area contributed by atoms with Crippen molar-refractivity contribution in [1.29, 1.82) is 0 Å². The van der Waals surface area contributed by atoms with E-state index >= 15 is 0 Å². The van der Waals surface area contributed by atoms with Gasteiger partial charge in [-0.15, -0.1) is 0 Å². The summed E-state index contributed by atoms with van der Waals surface area (Å²) in [6.45, 7) is 6.13. The maximum Gasteiger partial charge on any atom is 0.306 e. The van der Waals surface area contributed by atoms with Crippen LogP contribution >= 0.6 is 0 Å². The Morgan fingerprint density at radius 2 is 1.71 bits per heavy atom. The minimum Gasteiger partial charge on any atom is -0.481 e. The zero-order valence-corrected chi connectivity index (χ0v) is 19.5. The van der Waals surface area contributed by atoms with Gasteiger partial charge in [0, 0.05) is 6.42 Å². The van der Waals surface area contributed by atoms with Gasteiger partial charge in [0.05, 0.1) is 6.42 Å². The first-order valence-corrected chi connectivity index (χ1v) is 11.8. The Morgan fingerprint density at radius 1 is 1.03 bits per heavy atom. The molecule has 0 spiro atoms. The molecule has 0 aliphatic carbocycles. The highest BCUT2D eigenvalue weighted by Crippen LogP contribution is 2.42. The summed E-state index contributed by atoms with van der Waals surface area (Å²) in [6, 6.07) is 10.4. The topological polar surface area (TPSA) is 55.8 Å². The molecule has 4 heteroatoms. The lowest BCUT2D eigenvalue weighted by molar-refractivity contribution is -0.346. The average Bonchev–Trinajstić information content (AvgIpc) is 3.00. The van der Waals surface area contributed by atoms with Gasteiger partial charge in [0.15, 0.2) is 0 Å². The second kappa shape index (κ2) is 12.8. The molecule has 1 N–H and O–H groups in total. The summed E-state index contributed by atoms with van der Waals surface area (Å²) in [5.74, 6) is -0.303. The van der Waals surface area contributed by atoms with Gasteiger partial charge < -0.3 is 5.11 Å². The van der Waals surface area contributed by atoms with Crippen molar-refractivity contribution in [1.82, 2.24) is 0 Å². The minimum atomic E-state index is -0.845. The summed E-state index contributed by atoms with van der Waals surface area (Å²) >= 11 is 0. The number of hydrogen-bond donors (Lipinski definition) is 1. The summed E-state index contributed by atoms with van der Waals surface area (Å²) in [7, 11) is 0. The van der Waals surface area contributed by atoms with E-state index in [0.717, 1.165) is 12.8 Å². The van der Waals surface area contributed by atoms with E-state index in [2.05, 4.69) is 55.5 Å². The van der Waals surface area contributed by atoms with E-state index in [0.29, 0.717) is 12.3 Å². The Bertz CT molecular complexity index is 711. The number of aliphatic carboxylic acids is 1. The monoisotopic (exact) mass is 428 g/mol. The summed E-state index contributed by atoms with van der Waals surface area (Å²) in [6.07, 6.45) is 18.8. The molecule has 0 radical (unpaired) electrons. The highest BCUT2D eigenvalue weighted by molar-refractivity contribution is 5.68. The van der Waals surface area contributed by atoms with Crippen LogP contribution in [0, 0.1) is 5.92 Å². The van der Waals surface area contributed by atoms with Crippen LogP contribution in [-0.2, 0) is 14.6 Å². The van der Waals surface area contributed by atoms with Gasteiger partial charge in [-0.25, -0.2) is 9.78 Å². The van der Waals surface area contributed by atoms with E-state index in [9.17, 15) is 4.79 Å². The Labute approximate surface area is 188 Å². The largest absolute Gasteiger partial charge is 0.481 e. The van der Waals surface area contributed by atoms with E-state index in [1.165, 1.54) is 44.1 Å². The number of unbranched alkanes of at least 4 members (excludes halogenated alkanes) is 5. The predicted octanol–water partition coefficient (Wildman–Crippen LogP) is 7.36. The predicted molar refractivity (Wildman–Crippen MR) is 127 cm³/mol. The maximum atomic E-state index is 11.0. The quantitative estimate of drug-likeness (QED) is 0.191. The molecule has 1 aromatic carbocycles. The van der Waals surface area contributed by atoms with Crippen molar-refractivity contribution < 1.29 is 19.7 Å². The molecule has 3 atom stereocenters. The molecule has 1 unspecified atom stereocenters. The molecule has 1 aromatic rings. The van der Waals surface area contributed by atoms with Gasteiger partial charge in [0.2, 0.25) is 0 Å². The Balaban J connectivity index is 1.49. The molecule has 1 aliphatic heterocycles. The van der Waals surface area contributed by atoms with Gasteiger partial charge >= 0.3 is 5.97 Å². The SMILES string of the molecule is CC(CCCCCCC/C=C/C=C/c1ccccc1)C[C@]1(C)C[C@@](C)(CC(=O)O)OO1. The highest BCUT2D eigenvalue weighted by atomic mass is 17.2. The van der Waals surface area contributed by atoms with Gasteiger partial charge in [-0.2, -0.15) is 0 Å². The third kappa shape index (κ3) is 10.3. The van der Waals surface area contributed by atoms with Crippen molar-refractivity contribution in [3.05, 3.63) is 54.1 Å². The van der Waals surface area contributed by atoms with Crippen molar-refractivity contribution in [3.63, 3.8) is 0 Å². The summed E-state index contributed by atoms with van der Waals surface area (Å²) in [4.78, 5) is 22.0. The van der Waals surface area contributed by atoms with Crippen molar-refractivity contribution >= 4 is 12.0 Å². The molecule has 31 heavy (non-hydrogen) atoms. The number of benzene rings is 1. The standard InChI is InChI=1S/C27H40O4/c1-23(20-26(2)22-27(3,31-30-26)21-25(28)29)16-12-9-7-5-4-6-8-10-13-17-24-18-14-11-15-19-24/h8,10-11,13-15,17-19,23H,4-7,9,12,16,20-22H2,1-3H3,(H,28,29)/b10-8+,17-13+/t23?,26-,27-/m1/s1. The number of carbonyl (C=O) groups is 1. The fraction of sp³-hybridized carbons (Fsp3) is 0.593. The van der Waals surface area contributed by atoms with Crippen LogP contribution in [0.4, 0.5) is 0 Å². The second-order valence-electron chi connectivity index (χ2n) is 9.67. The molecular weight excluding hydrogens is 388 g/mol. The first kappa shape index (κ1) is 25.4. The van der Waals surface area contributed by atoms with Crippen molar-refractivity contribution in [2.45, 2.75) is 96.2 Å². The number of carboxylic acid groups (broad SMARTS) is 1. The van der Waals surface area contributed by atoms with Crippen LogP contribution in [0.3, 0.4) is 0 Å². The fourth-order valence-electron chi connectivity index (χ4n) is 4.60. The Hall–Kier alpha value is -1.91. The highest BCUT2D eigenvalue weighted by Gasteiger charge is 2.47. The lowest BCUT2D eigenvalue weighted by Gasteiger charge is -2.25. The Morgan fingerprint density at radius 3 is 2.45 bits per heavy atom. The average molecular weight is 429 g/mol. The van der Waals surface area contributed by atoms with Gasteiger partial charge in [-0.05, 0) is 44.6 Å². The molecule has 0 saturated carbocycles. The lowest BCUT2D eigenvalue weighted by Crippen LogP contribution is -2.31.